The van der Waals surface area contributed by atoms with Crippen LogP contribution in [-0.4, -0.2) is 47.0 Å². The molecule has 1 heterocycles. The molecule has 0 unspecified atom stereocenters. The molecule has 2 atom stereocenters. The lowest BCUT2D eigenvalue weighted by molar-refractivity contribution is -0.0101. The molecule has 1 saturated heterocycles. The van der Waals surface area contributed by atoms with E-state index in [0.29, 0.717) is 6.54 Å². The average Bonchev–Trinajstić information content (AvgIpc) is 3.21. The van der Waals surface area contributed by atoms with Crippen LogP contribution in [0.3, 0.4) is 0 Å². The summed E-state index contributed by atoms with van der Waals surface area (Å²) in [4.78, 5) is 14.9. The van der Waals surface area contributed by atoms with Crippen molar-refractivity contribution >= 4 is 13.9 Å². The molecule has 1 aromatic carbocycles. The third-order valence-electron chi connectivity index (χ3n) is 6.58. The van der Waals surface area contributed by atoms with Crippen LogP contribution in [0.15, 0.2) is 24.3 Å². The molecule has 0 N–H and O–H groups in total. The quantitative estimate of drug-likeness (QED) is 0.171. The number of carbonyl (C=O) groups is 1. The summed E-state index contributed by atoms with van der Waals surface area (Å²) in [7, 11) is -3.94. The molecule has 0 spiro atoms. The summed E-state index contributed by atoms with van der Waals surface area (Å²) in [5.41, 5.74) is 0.350. The lowest BCUT2D eigenvalue weighted by Gasteiger charge is -2.34. The van der Waals surface area contributed by atoms with Gasteiger partial charge in [-0.3, -0.25) is 13.6 Å². The molecular formula is C32H56NO6P. The number of ether oxygens (including phenoxy) is 1. The summed E-state index contributed by atoms with van der Waals surface area (Å²) in [5.74, 6) is 0.00772. The number of phosphoric ester groups is 1. The van der Waals surface area contributed by atoms with Gasteiger partial charge >= 0.3 is 13.9 Å². The Kier molecular flexibility index (Phi) is 12.8. The van der Waals surface area contributed by atoms with Crippen molar-refractivity contribution in [2.45, 2.75) is 149 Å². The van der Waals surface area contributed by atoms with E-state index < -0.39 is 30.7 Å². The number of rotatable bonds is 13. The normalized spacial score (nSPS) is 18.8. The Morgan fingerprint density at radius 1 is 0.850 bits per heavy atom. The molecule has 40 heavy (non-hydrogen) atoms. The van der Waals surface area contributed by atoms with E-state index in [1.54, 1.807) is 4.90 Å². The van der Waals surface area contributed by atoms with Crippen molar-refractivity contribution in [1.82, 2.24) is 4.90 Å². The molecule has 7 nitrogen and oxygen atoms in total. The van der Waals surface area contributed by atoms with Crippen LogP contribution in [0, 0.1) is 0 Å². The van der Waals surface area contributed by atoms with E-state index in [9.17, 15) is 9.36 Å². The Bertz CT molecular complexity index is 938. The minimum absolute atomic E-state index is 0.00680. The molecular weight excluding hydrogens is 525 g/mol. The van der Waals surface area contributed by atoms with Crippen LogP contribution in [0.1, 0.15) is 131 Å². The maximum absolute atomic E-state index is 13.8. The fourth-order valence-corrected chi connectivity index (χ4v) is 6.77. The summed E-state index contributed by atoms with van der Waals surface area (Å²) in [6.07, 6.45) is 9.12. The van der Waals surface area contributed by atoms with Crippen molar-refractivity contribution < 1.29 is 27.7 Å². The first-order chi connectivity index (χ1) is 18.4. The van der Waals surface area contributed by atoms with Crippen LogP contribution < -0.4 is 0 Å². The van der Waals surface area contributed by atoms with E-state index in [2.05, 4.69) is 31.2 Å². The van der Waals surface area contributed by atoms with Crippen LogP contribution in [0.25, 0.3) is 0 Å². The topological polar surface area (TPSA) is 74.3 Å². The highest BCUT2D eigenvalue weighted by Gasteiger charge is 2.44. The van der Waals surface area contributed by atoms with Crippen molar-refractivity contribution in [3.05, 3.63) is 35.4 Å². The summed E-state index contributed by atoms with van der Waals surface area (Å²) in [6.45, 7) is 19.2. The fraction of sp³-hybridized carbons (Fsp3) is 0.781. The number of benzene rings is 1. The zero-order valence-corrected chi connectivity index (χ0v) is 27.8. The van der Waals surface area contributed by atoms with E-state index >= 15 is 0 Å². The minimum atomic E-state index is -3.94. The molecule has 1 fully saturated rings. The lowest BCUT2D eigenvalue weighted by Crippen LogP contribution is -2.43. The molecule has 1 amide bonds. The maximum Gasteiger partial charge on any atom is 0.475 e. The summed E-state index contributed by atoms with van der Waals surface area (Å²) >= 11 is 0. The molecule has 0 radical (unpaired) electrons. The molecule has 230 valence electrons. The van der Waals surface area contributed by atoms with Crippen LogP contribution in [-0.2, 0) is 29.3 Å². The van der Waals surface area contributed by atoms with E-state index in [4.69, 9.17) is 18.3 Å². The maximum atomic E-state index is 13.8. The zero-order chi connectivity index (χ0) is 30.2. The molecule has 0 aromatic heterocycles. The number of amides is 1. The first kappa shape index (κ1) is 34.8. The average molecular weight is 582 g/mol. The summed E-state index contributed by atoms with van der Waals surface area (Å²) in [5, 5.41) is 0. The van der Waals surface area contributed by atoms with E-state index in [0.717, 1.165) is 18.4 Å². The van der Waals surface area contributed by atoms with Gasteiger partial charge in [0.1, 0.15) is 5.60 Å². The number of unbranched alkanes of at least 4 members (excludes halogenated alkanes) is 5. The number of nitrogens with zero attached hydrogens (tertiary/aromatic N) is 1. The second kappa shape index (κ2) is 14.7. The Balaban J connectivity index is 2.22. The minimum Gasteiger partial charge on any atom is -0.444 e. The van der Waals surface area contributed by atoms with Crippen molar-refractivity contribution in [1.29, 1.82) is 0 Å². The predicted molar refractivity (Wildman–Crippen MR) is 163 cm³/mol. The van der Waals surface area contributed by atoms with Crippen molar-refractivity contribution in [2.24, 2.45) is 0 Å². The van der Waals surface area contributed by atoms with Crippen molar-refractivity contribution in [3.63, 3.8) is 0 Å². The van der Waals surface area contributed by atoms with E-state index in [1.165, 1.54) is 44.1 Å². The zero-order valence-electron chi connectivity index (χ0n) is 26.9. The van der Waals surface area contributed by atoms with Gasteiger partial charge in [0.2, 0.25) is 0 Å². The number of phosphoric acid groups is 1. The third-order valence-corrected chi connectivity index (χ3v) is 8.58. The molecule has 1 aliphatic heterocycles. The number of hydrogen-bond acceptors (Lipinski definition) is 6. The van der Waals surface area contributed by atoms with Gasteiger partial charge in [0, 0.05) is 12.5 Å². The van der Waals surface area contributed by atoms with Gasteiger partial charge in [-0.15, -0.1) is 0 Å². The standard InChI is InChI=1S/C32H56NO6P/c1-11-12-13-14-15-16-17-25-18-20-26(21-19-25)27-22-23-33(29(34)37-30(2,3)4)28(27)24-36-40(35,38-31(5,6)7)39-32(8,9)10/h18-21,27-28H,11-17,22-24H2,1-10H3/t27-,28-/m1/s1. The molecule has 1 aliphatic rings. The van der Waals surface area contributed by atoms with Gasteiger partial charge in [-0.2, -0.15) is 0 Å². The fourth-order valence-electron chi connectivity index (χ4n) is 4.95. The molecule has 8 heteroatoms. The van der Waals surface area contributed by atoms with Crippen LogP contribution >= 0.6 is 7.82 Å². The SMILES string of the molecule is CCCCCCCCc1ccc([C@H]2CCN(C(=O)OC(C)(C)C)[C@@H]2COP(=O)(OC(C)(C)C)OC(C)(C)C)cc1. The predicted octanol–water partition coefficient (Wildman–Crippen LogP) is 9.44. The largest absolute Gasteiger partial charge is 0.475 e. The Hall–Kier alpha value is -1.40. The number of likely N-dealkylation sites (tertiary alicyclic amines) is 1. The third kappa shape index (κ3) is 12.6. The van der Waals surface area contributed by atoms with Crippen LogP contribution in [0.2, 0.25) is 0 Å². The molecule has 0 saturated carbocycles. The van der Waals surface area contributed by atoms with E-state index in [1.807, 2.05) is 62.3 Å². The Morgan fingerprint density at radius 2 is 1.40 bits per heavy atom. The molecule has 1 aromatic rings. The van der Waals surface area contributed by atoms with Gasteiger partial charge in [0.25, 0.3) is 0 Å². The van der Waals surface area contributed by atoms with Gasteiger partial charge in [0.05, 0.1) is 23.9 Å². The van der Waals surface area contributed by atoms with Gasteiger partial charge in [0.15, 0.2) is 0 Å². The number of hydrogen-bond donors (Lipinski definition) is 0. The van der Waals surface area contributed by atoms with E-state index in [-0.39, 0.29) is 18.6 Å². The first-order valence-electron chi connectivity index (χ1n) is 15.2. The number of aryl methyl sites for hydroxylation is 1. The second-order valence-corrected chi connectivity index (χ2v) is 15.6. The van der Waals surface area contributed by atoms with Gasteiger partial charge < -0.3 is 9.64 Å². The molecule has 0 aliphatic carbocycles. The van der Waals surface area contributed by atoms with Gasteiger partial charge in [-0.25, -0.2) is 9.36 Å². The highest BCUT2D eigenvalue weighted by Crippen LogP contribution is 2.56. The molecule has 0 bridgehead atoms. The Morgan fingerprint density at radius 3 is 1.93 bits per heavy atom. The van der Waals surface area contributed by atoms with Crippen molar-refractivity contribution in [2.75, 3.05) is 13.2 Å². The summed E-state index contributed by atoms with van der Waals surface area (Å²) in [6, 6.07) is 8.36. The highest BCUT2D eigenvalue weighted by molar-refractivity contribution is 7.48. The Labute approximate surface area is 244 Å². The highest BCUT2D eigenvalue weighted by atomic mass is 31.2. The number of carbonyl (C=O) groups excluding carboxylic acids is 1. The smallest absolute Gasteiger partial charge is 0.444 e. The van der Waals surface area contributed by atoms with Gasteiger partial charge in [-0.05, 0) is 92.7 Å². The molecule has 2 rings (SSSR count). The lowest BCUT2D eigenvalue weighted by atomic mass is 9.91. The monoisotopic (exact) mass is 581 g/mol. The first-order valence-corrected chi connectivity index (χ1v) is 16.6. The second-order valence-electron chi connectivity index (χ2n) is 14.0. The van der Waals surface area contributed by atoms with Crippen LogP contribution in [0.4, 0.5) is 4.79 Å². The summed E-state index contributed by atoms with van der Waals surface area (Å²) < 4.78 is 37.2. The van der Waals surface area contributed by atoms with Crippen LogP contribution in [0.5, 0.6) is 0 Å². The van der Waals surface area contributed by atoms with Gasteiger partial charge in [-0.1, -0.05) is 63.3 Å². The van der Waals surface area contributed by atoms with Crippen molar-refractivity contribution in [3.8, 4) is 0 Å².